The second-order valence-corrected chi connectivity index (χ2v) is 4.89. The van der Waals surface area contributed by atoms with Crippen molar-refractivity contribution >= 4 is 11.4 Å². The number of anilines is 2. The molecule has 0 aromatic heterocycles. The standard InChI is InChI=1S/C17H19N3/c1-3-20(12-14-5-4-6-16(19)10-14)17-9-13(2)7-8-15(17)11-18/h4-10H,3,12,19H2,1-2H3. The van der Waals surface area contributed by atoms with E-state index in [0.717, 1.165) is 35.6 Å². The normalized spacial score (nSPS) is 10.1. The number of nitrogens with two attached hydrogens (primary N) is 1. The number of hydrogen-bond acceptors (Lipinski definition) is 3. The zero-order valence-electron chi connectivity index (χ0n) is 11.9. The van der Waals surface area contributed by atoms with Crippen molar-refractivity contribution in [3.8, 4) is 6.07 Å². The molecule has 0 heterocycles. The van der Waals surface area contributed by atoms with E-state index >= 15 is 0 Å². The van der Waals surface area contributed by atoms with Gasteiger partial charge in [-0.1, -0.05) is 18.2 Å². The van der Waals surface area contributed by atoms with Crippen molar-refractivity contribution in [2.45, 2.75) is 20.4 Å². The van der Waals surface area contributed by atoms with Crippen molar-refractivity contribution < 1.29 is 0 Å². The van der Waals surface area contributed by atoms with E-state index in [2.05, 4.69) is 30.0 Å². The topological polar surface area (TPSA) is 53.0 Å². The molecular weight excluding hydrogens is 246 g/mol. The number of benzene rings is 2. The molecule has 0 aliphatic carbocycles. The number of nitrogens with zero attached hydrogens (tertiary/aromatic N) is 2. The van der Waals surface area contributed by atoms with Gasteiger partial charge in [0, 0.05) is 18.8 Å². The van der Waals surface area contributed by atoms with Gasteiger partial charge in [-0.15, -0.1) is 0 Å². The van der Waals surface area contributed by atoms with Crippen LogP contribution in [-0.4, -0.2) is 6.54 Å². The van der Waals surface area contributed by atoms with Crippen LogP contribution >= 0.6 is 0 Å². The third kappa shape index (κ3) is 3.10. The van der Waals surface area contributed by atoms with Crippen molar-refractivity contribution in [3.05, 3.63) is 59.2 Å². The van der Waals surface area contributed by atoms with E-state index in [1.807, 2.05) is 37.3 Å². The lowest BCUT2D eigenvalue weighted by atomic mass is 10.1. The minimum atomic E-state index is 0.710. The lowest BCUT2D eigenvalue weighted by Crippen LogP contribution is -2.23. The highest BCUT2D eigenvalue weighted by Crippen LogP contribution is 2.23. The lowest BCUT2D eigenvalue weighted by Gasteiger charge is -2.25. The van der Waals surface area contributed by atoms with Crippen LogP contribution in [0.5, 0.6) is 0 Å². The second kappa shape index (κ2) is 6.12. The molecule has 0 spiro atoms. The maximum atomic E-state index is 9.27. The van der Waals surface area contributed by atoms with Crippen molar-refractivity contribution in [1.82, 2.24) is 0 Å². The molecule has 0 amide bonds. The van der Waals surface area contributed by atoms with Crippen molar-refractivity contribution in [3.63, 3.8) is 0 Å². The first-order valence-corrected chi connectivity index (χ1v) is 6.74. The summed E-state index contributed by atoms with van der Waals surface area (Å²) in [5.41, 5.74) is 10.6. The zero-order valence-corrected chi connectivity index (χ0v) is 11.9. The van der Waals surface area contributed by atoms with Crippen LogP contribution in [0.2, 0.25) is 0 Å². The molecule has 0 unspecified atom stereocenters. The summed E-state index contributed by atoms with van der Waals surface area (Å²) in [6, 6.07) is 16.1. The molecular formula is C17H19N3. The average molecular weight is 265 g/mol. The third-order valence-corrected chi connectivity index (χ3v) is 3.32. The van der Waals surface area contributed by atoms with E-state index in [9.17, 15) is 5.26 Å². The fourth-order valence-electron chi connectivity index (χ4n) is 2.28. The molecule has 2 aromatic carbocycles. The summed E-state index contributed by atoms with van der Waals surface area (Å²) in [6.07, 6.45) is 0. The largest absolute Gasteiger partial charge is 0.399 e. The Bertz CT molecular complexity index is 641. The summed E-state index contributed by atoms with van der Waals surface area (Å²) in [5, 5.41) is 9.27. The van der Waals surface area contributed by atoms with E-state index in [1.54, 1.807) is 0 Å². The van der Waals surface area contributed by atoms with Crippen LogP contribution in [-0.2, 0) is 6.54 Å². The first-order valence-electron chi connectivity index (χ1n) is 6.74. The van der Waals surface area contributed by atoms with Crippen molar-refractivity contribution in [1.29, 1.82) is 5.26 Å². The Morgan fingerprint density at radius 1 is 1.20 bits per heavy atom. The fraction of sp³-hybridized carbons (Fsp3) is 0.235. The quantitative estimate of drug-likeness (QED) is 0.861. The number of aryl methyl sites for hydroxylation is 1. The molecule has 0 atom stereocenters. The maximum Gasteiger partial charge on any atom is 0.101 e. The highest BCUT2D eigenvalue weighted by atomic mass is 15.1. The Hall–Kier alpha value is -2.47. The predicted molar refractivity (Wildman–Crippen MR) is 83.5 cm³/mol. The second-order valence-electron chi connectivity index (χ2n) is 4.89. The van der Waals surface area contributed by atoms with E-state index in [-0.39, 0.29) is 0 Å². The van der Waals surface area contributed by atoms with Gasteiger partial charge in [-0.2, -0.15) is 5.26 Å². The molecule has 0 aliphatic rings. The molecule has 3 nitrogen and oxygen atoms in total. The summed E-state index contributed by atoms with van der Waals surface area (Å²) in [4.78, 5) is 2.19. The van der Waals surface area contributed by atoms with Crippen LogP contribution in [0.1, 0.15) is 23.6 Å². The molecule has 0 fully saturated rings. The van der Waals surface area contributed by atoms with Gasteiger partial charge in [-0.05, 0) is 49.2 Å². The van der Waals surface area contributed by atoms with Crippen LogP contribution in [0.25, 0.3) is 0 Å². The van der Waals surface area contributed by atoms with Crippen molar-refractivity contribution in [2.75, 3.05) is 17.2 Å². The smallest absolute Gasteiger partial charge is 0.101 e. The van der Waals surface area contributed by atoms with E-state index in [0.29, 0.717) is 5.56 Å². The van der Waals surface area contributed by atoms with Crippen LogP contribution in [0.4, 0.5) is 11.4 Å². The summed E-state index contributed by atoms with van der Waals surface area (Å²) < 4.78 is 0. The molecule has 0 saturated carbocycles. The van der Waals surface area contributed by atoms with E-state index < -0.39 is 0 Å². The zero-order chi connectivity index (χ0) is 14.5. The van der Waals surface area contributed by atoms with Crippen LogP contribution in [0.3, 0.4) is 0 Å². The monoisotopic (exact) mass is 265 g/mol. The van der Waals surface area contributed by atoms with Crippen LogP contribution in [0, 0.1) is 18.3 Å². The molecule has 2 rings (SSSR count). The summed E-state index contributed by atoms with van der Waals surface area (Å²) in [5.74, 6) is 0. The molecule has 0 aliphatic heterocycles. The Morgan fingerprint density at radius 3 is 2.65 bits per heavy atom. The highest BCUT2D eigenvalue weighted by Gasteiger charge is 2.10. The first-order chi connectivity index (χ1) is 9.63. The van der Waals surface area contributed by atoms with E-state index in [1.165, 1.54) is 0 Å². The molecule has 20 heavy (non-hydrogen) atoms. The SMILES string of the molecule is CCN(Cc1cccc(N)c1)c1cc(C)ccc1C#N. The Labute approximate surface area is 120 Å². The Balaban J connectivity index is 2.33. The molecule has 0 saturated heterocycles. The third-order valence-electron chi connectivity index (χ3n) is 3.32. The van der Waals surface area contributed by atoms with Gasteiger partial charge >= 0.3 is 0 Å². The summed E-state index contributed by atoms with van der Waals surface area (Å²) in [7, 11) is 0. The van der Waals surface area contributed by atoms with Gasteiger partial charge in [-0.25, -0.2) is 0 Å². The first kappa shape index (κ1) is 14.0. The predicted octanol–water partition coefficient (Wildman–Crippen LogP) is 3.48. The maximum absolute atomic E-state index is 9.27. The van der Waals surface area contributed by atoms with Gasteiger partial charge in [-0.3, -0.25) is 0 Å². The minimum Gasteiger partial charge on any atom is -0.399 e. The summed E-state index contributed by atoms with van der Waals surface area (Å²) in [6.45, 7) is 5.72. The average Bonchev–Trinajstić information content (AvgIpc) is 2.45. The molecule has 102 valence electrons. The van der Waals surface area contributed by atoms with Crippen LogP contribution in [0.15, 0.2) is 42.5 Å². The fourth-order valence-corrected chi connectivity index (χ4v) is 2.28. The van der Waals surface area contributed by atoms with Crippen molar-refractivity contribution in [2.24, 2.45) is 0 Å². The minimum absolute atomic E-state index is 0.710. The molecule has 2 aromatic rings. The Morgan fingerprint density at radius 2 is 2.00 bits per heavy atom. The van der Waals surface area contributed by atoms with E-state index in [4.69, 9.17) is 5.73 Å². The summed E-state index contributed by atoms with van der Waals surface area (Å²) >= 11 is 0. The Kier molecular flexibility index (Phi) is 4.27. The number of rotatable bonds is 4. The van der Waals surface area contributed by atoms with Gasteiger partial charge in [0.25, 0.3) is 0 Å². The number of hydrogen-bond donors (Lipinski definition) is 1. The molecule has 0 bridgehead atoms. The lowest BCUT2D eigenvalue weighted by molar-refractivity contribution is 0.830. The van der Waals surface area contributed by atoms with Gasteiger partial charge in [0.1, 0.15) is 6.07 Å². The van der Waals surface area contributed by atoms with Gasteiger partial charge in [0.15, 0.2) is 0 Å². The number of nitrogen functional groups attached to an aromatic ring is 1. The van der Waals surface area contributed by atoms with Gasteiger partial charge < -0.3 is 10.6 Å². The van der Waals surface area contributed by atoms with Gasteiger partial charge in [0.2, 0.25) is 0 Å². The van der Waals surface area contributed by atoms with Gasteiger partial charge in [0.05, 0.1) is 11.3 Å². The highest BCUT2D eigenvalue weighted by molar-refractivity contribution is 5.61. The van der Waals surface area contributed by atoms with Crippen LogP contribution < -0.4 is 10.6 Å². The molecule has 2 N–H and O–H groups in total. The molecule has 0 radical (unpaired) electrons. The molecule has 3 heteroatoms. The number of nitriles is 1.